The van der Waals surface area contributed by atoms with Crippen molar-refractivity contribution in [3.05, 3.63) is 52.7 Å². The highest BCUT2D eigenvalue weighted by Crippen LogP contribution is 2.26. The molecule has 0 aliphatic carbocycles. The molecule has 1 aromatic heterocycles. The van der Waals surface area contributed by atoms with Crippen LogP contribution in [0.3, 0.4) is 0 Å². The van der Waals surface area contributed by atoms with Gasteiger partial charge in [-0.15, -0.1) is 11.8 Å². The van der Waals surface area contributed by atoms with Crippen molar-refractivity contribution in [2.75, 3.05) is 11.9 Å². The van der Waals surface area contributed by atoms with Gasteiger partial charge in [0.25, 0.3) is 5.69 Å². The number of nitro groups is 1. The molecule has 0 aliphatic heterocycles. The maximum atomic E-state index is 12.2. The SMILES string of the molecule is CC(Sc1ccc([N+](=O)[O-])cc1)C(=O)Nc1ccc(OCC(F)(F)F)nc1. The first kappa shape index (κ1) is 20.5. The van der Waals surface area contributed by atoms with Crippen molar-refractivity contribution in [1.82, 2.24) is 4.98 Å². The third-order valence-electron chi connectivity index (χ3n) is 3.12. The number of carbonyl (C=O) groups is 1. The fraction of sp³-hybridized carbons (Fsp3) is 0.250. The second kappa shape index (κ2) is 8.71. The summed E-state index contributed by atoms with van der Waals surface area (Å²) in [7, 11) is 0. The number of anilines is 1. The Kier molecular flexibility index (Phi) is 6.61. The van der Waals surface area contributed by atoms with Crippen LogP contribution in [0.2, 0.25) is 0 Å². The monoisotopic (exact) mass is 401 g/mol. The molecule has 2 aromatic rings. The minimum absolute atomic E-state index is 0.0460. The Morgan fingerprint density at radius 3 is 2.48 bits per heavy atom. The predicted molar refractivity (Wildman–Crippen MR) is 92.8 cm³/mol. The Morgan fingerprint density at radius 2 is 1.96 bits per heavy atom. The first-order chi connectivity index (χ1) is 12.6. The fourth-order valence-corrected chi connectivity index (χ4v) is 2.71. The number of carbonyl (C=O) groups excluding carboxylic acids is 1. The molecular weight excluding hydrogens is 387 g/mol. The van der Waals surface area contributed by atoms with Crippen LogP contribution < -0.4 is 10.1 Å². The van der Waals surface area contributed by atoms with Gasteiger partial charge in [-0.1, -0.05) is 0 Å². The fourth-order valence-electron chi connectivity index (χ4n) is 1.84. The normalized spacial score (nSPS) is 12.3. The number of thioether (sulfide) groups is 1. The van der Waals surface area contributed by atoms with Crippen molar-refractivity contribution in [2.45, 2.75) is 23.2 Å². The number of nitro benzene ring substituents is 1. The van der Waals surface area contributed by atoms with Crippen LogP contribution in [0.15, 0.2) is 47.5 Å². The molecule has 0 saturated heterocycles. The summed E-state index contributed by atoms with van der Waals surface area (Å²) in [5.41, 5.74) is 0.255. The summed E-state index contributed by atoms with van der Waals surface area (Å²) < 4.78 is 40.7. The van der Waals surface area contributed by atoms with Crippen LogP contribution in [0.5, 0.6) is 5.88 Å². The Morgan fingerprint density at radius 1 is 1.30 bits per heavy atom. The summed E-state index contributed by atoms with van der Waals surface area (Å²) in [5, 5.41) is 12.7. The highest BCUT2D eigenvalue weighted by molar-refractivity contribution is 8.00. The van der Waals surface area contributed by atoms with Crippen LogP contribution in [0.4, 0.5) is 24.5 Å². The number of ether oxygens (including phenoxy) is 1. The Labute approximate surface area is 156 Å². The molecule has 1 amide bonds. The lowest BCUT2D eigenvalue weighted by molar-refractivity contribution is -0.384. The van der Waals surface area contributed by atoms with Gasteiger partial charge in [0.1, 0.15) is 0 Å². The van der Waals surface area contributed by atoms with Gasteiger partial charge in [-0.25, -0.2) is 4.98 Å². The molecule has 0 fully saturated rings. The van der Waals surface area contributed by atoms with Gasteiger partial charge in [0.05, 0.1) is 22.1 Å². The van der Waals surface area contributed by atoms with E-state index in [1.54, 1.807) is 19.1 Å². The van der Waals surface area contributed by atoms with E-state index in [4.69, 9.17) is 0 Å². The molecule has 1 atom stereocenters. The molecule has 2 rings (SSSR count). The number of halogens is 3. The first-order valence-electron chi connectivity index (χ1n) is 7.51. The van der Waals surface area contributed by atoms with Crippen LogP contribution in [-0.2, 0) is 4.79 Å². The standard InChI is InChI=1S/C16H14F3N3O4S/c1-10(27-13-5-3-12(4-6-13)22(24)25)15(23)21-11-2-7-14(20-8-11)26-9-16(17,18)19/h2-8,10H,9H2,1H3,(H,21,23). The smallest absolute Gasteiger partial charge is 0.422 e. The van der Waals surface area contributed by atoms with Gasteiger partial charge in [0.2, 0.25) is 11.8 Å². The largest absolute Gasteiger partial charge is 0.468 e. The molecule has 27 heavy (non-hydrogen) atoms. The molecule has 0 radical (unpaired) electrons. The van der Waals surface area contributed by atoms with Gasteiger partial charge in [-0.05, 0) is 25.1 Å². The van der Waals surface area contributed by atoms with Crippen LogP contribution in [0.1, 0.15) is 6.92 Å². The van der Waals surface area contributed by atoms with Crippen molar-refractivity contribution in [3.8, 4) is 5.88 Å². The quantitative estimate of drug-likeness (QED) is 0.427. The summed E-state index contributed by atoms with van der Waals surface area (Å²) in [6.45, 7) is 0.199. The lowest BCUT2D eigenvalue weighted by atomic mass is 10.3. The second-order valence-corrected chi connectivity index (χ2v) is 6.70. The summed E-state index contributed by atoms with van der Waals surface area (Å²) in [6.07, 6.45) is -3.27. The summed E-state index contributed by atoms with van der Waals surface area (Å²) in [6, 6.07) is 8.37. The third-order valence-corrected chi connectivity index (χ3v) is 4.23. The van der Waals surface area contributed by atoms with Crippen LogP contribution in [0, 0.1) is 10.1 Å². The second-order valence-electron chi connectivity index (χ2n) is 5.29. The third kappa shape index (κ3) is 6.77. The molecule has 0 aliphatic rings. The van der Waals surface area contributed by atoms with Crippen molar-refractivity contribution in [2.24, 2.45) is 0 Å². The summed E-state index contributed by atoms with van der Waals surface area (Å²) >= 11 is 1.20. The van der Waals surface area contributed by atoms with Gasteiger partial charge in [-0.3, -0.25) is 14.9 Å². The summed E-state index contributed by atoms with van der Waals surface area (Å²) in [4.78, 5) is 26.7. The number of pyridine rings is 1. The topological polar surface area (TPSA) is 94.4 Å². The number of hydrogen-bond acceptors (Lipinski definition) is 6. The number of non-ortho nitro benzene ring substituents is 1. The number of nitrogens with one attached hydrogen (secondary N) is 1. The molecule has 0 bridgehead atoms. The highest BCUT2D eigenvalue weighted by Gasteiger charge is 2.28. The predicted octanol–water partition coefficient (Wildman–Crippen LogP) is 4.05. The van der Waals surface area contributed by atoms with Gasteiger partial charge in [0.15, 0.2) is 6.61 Å². The molecule has 1 aromatic carbocycles. The van der Waals surface area contributed by atoms with Gasteiger partial charge in [0, 0.05) is 23.1 Å². The van der Waals surface area contributed by atoms with Gasteiger partial charge < -0.3 is 10.1 Å². The van der Waals surface area contributed by atoms with E-state index in [9.17, 15) is 28.1 Å². The van der Waals surface area contributed by atoms with Crippen molar-refractivity contribution < 1.29 is 27.6 Å². The average Bonchev–Trinajstić information content (AvgIpc) is 2.61. The minimum atomic E-state index is -4.46. The van der Waals surface area contributed by atoms with E-state index in [0.29, 0.717) is 10.6 Å². The lowest BCUT2D eigenvalue weighted by Gasteiger charge is -2.12. The van der Waals surface area contributed by atoms with E-state index < -0.39 is 23.0 Å². The molecule has 11 heteroatoms. The van der Waals surface area contributed by atoms with E-state index in [1.165, 1.54) is 42.2 Å². The molecule has 0 saturated carbocycles. The lowest BCUT2D eigenvalue weighted by Crippen LogP contribution is -2.22. The Bertz CT molecular complexity index is 798. The van der Waals surface area contributed by atoms with Crippen molar-refractivity contribution in [1.29, 1.82) is 0 Å². The van der Waals surface area contributed by atoms with E-state index in [-0.39, 0.29) is 17.5 Å². The molecule has 1 heterocycles. The van der Waals surface area contributed by atoms with Crippen LogP contribution in [0.25, 0.3) is 0 Å². The van der Waals surface area contributed by atoms with Gasteiger partial charge in [-0.2, -0.15) is 13.2 Å². The number of amides is 1. The molecule has 0 spiro atoms. The molecule has 1 unspecified atom stereocenters. The number of hydrogen-bond donors (Lipinski definition) is 1. The van der Waals surface area contributed by atoms with E-state index in [1.807, 2.05) is 0 Å². The molecule has 144 valence electrons. The maximum Gasteiger partial charge on any atom is 0.422 e. The maximum absolute atomic E-state index is 12.2. The number of alkyl halides is 3. The van der Waals surface area contributed by atoms with Crippen LogP contribution >= 0.6 is 11.8 Å². The van der Waals surface area contributed by atoms with Crippen molar-refractivity contribution >= 4 is 29.0 Å². The Balaban J connectivity index is 1.89. The van der Waals surface area contributed by atoms with Gasteiger partial charge >= 0.3 is 6.18 Å². The molecule has 7 nitrogen and oxygen atoms in total. The first-order valence-corrected chi connectivity index (χ1v) is 8.39. The van der Waals surface area contributed by atoms with E-state index in [0.717, 1.165) is 0 Å². The zero-order valence-corrected chi connectivity index (χ0v) is 14.7. The number of rotatable bonds is 7. The zero-order valence-electron chi connectivity index (χ0n) is 13.9. The highest BCUT2D eigenvalue weighted by atomic mass is 32.2. The van der Waals surface area contributed by atoms with Crippen LogP contribution in [-0.4, -0.2) is 33.8 Å². The molecule has 1 N–H and O–H groups in total. The Hall–Kier alpha value is -2.82. The summed E-state index contributed by atoms with van der Waals surface area (Å²) in [5.74, 6) is -0.567. The number of benzene rings is 1. The molecular formula is C16H14F3N3O4S. The van der Waals surface area contributed by atoms with Crippen molar-refractivity contribution in [3.63, 3.8) is 0 Å². The van der Waals surface area contributed by atoms with E-state index in [2.05, 4.69) is 15.0 Å². The average molecular weight is 401 g/mol. The minimum Gasteiger partial charge on any atom is -0.468 e. The number of aromatic nitrogens is 1. The number of nitrogens with zero attached hydrogens (tertiary/aromatic N) is 2. The zero-order chi connectivity index (χ0) is 20.0. The van der Waals surface area contributed by atoms with E-state index >= 15 is 0 Å².